The first kappa shape index (κ1) is 13.0. The molecule has 2 atom stereocenters. The first-order chi connectivity index (χ1) is 7.79. The Kier molecular flexibility index (Phi) is 5.87. The third-order valence-electron chi connectivity index (χ3n) is 2.99. The third-order valence-corrected chi connectivity index (χ3v) is 2.99. The Labute approximate surface area is 98.8 Å². The molecule has 0 heterocycles. The van der Waals surface area contributed by atoms with Crippen LogP contribution in [0.1, 0.15) is 44.3 Å². The predicted octanol–water partition coefficient (Wildman–Crippen LogP) is 4.10. The molecule has 0 unspecified atom stereocenters. The van der Waals surface area contributed by atoms with Crippen LogP contribution in [0.5, 0.6) is 0 Å². The molecule has 0 aromatic heterocycles. The van der Waals surface area contributed by atoms with Crippen LogP contribution in [0.3, 0.4) is 0 Å². The van der Waals surface area contributed by atoms with Crippen LogP contribution in [-0.2, 0) is 0 Å². The molecule has 0 aliphatic rings. The standard InChI is InChI=1S/C15H22O/c1-3-5-7-10-13(4-2)15(16)14-11-8-6-9-12-14/h4,6,8-9,11-13,15-16H,2-3,5,7,10H2,1H3/t13-,15+/m0/s1. The van der Waals surface area contributed by atoms with Crippen molar-refractivity contribution in [3.63, 3.8) is 0 Å². The molecule has 0 saturated carbocycles. The molecule has 0 aliphatic heterocycles. The number of benzene rings is 1. The lowest BCUT2D eigenvalue weighted by molar-refractivity contribution is 0.125. The molecule has 0 amide bonds. The second-order valence-corrected chi connectivity index (χ2v) is 4.25. The van der Waals surface area contributed by atoms with Crippen molar-refractivity contribution in [2.45, 2.75) is 38.7 Å². The van der Waals surface area contributed by atoms with Gasteiger partial charge in [0, 0.05) is 5.92 Å². The molecule has 0 fully saturated rings. The van der Waals surface area contributed by atoms with Gasteiger partial charge in [0.2, 0.25) is 0 Å². The average molecular weight is 218 g/mol. The highest BCUT2D eigenvalue weighted by Crippen LogP contribution is 2.27. The number of rotatable bonds is 7. The van der Waals surface area contributed by atoms with Gasteiger partial charge in [-0.05, 0) is 12.0 Å². The topological polar surface area (TPSA) is 20.2 Å². The molecule has 1 N–H and O–H groups in total. The quantitative estimate of drug-likeness (QED) is 0.539. The first-order valence-electron chi connectivity index (χ1n) is 6.15. The minimum atomic E-state index is -0.407. The third kappa shape index (κ3) is 3.82. The monoisotopic (exact) mass is 218 g/mol. The highest BCUT2D eigenvalue weighted by atomic mass is 16.3. The number of aliphatic hydroxyl groups excluding tert-OH is 1. The van der Waals surface area contributed by atoms with E-state index >= 15 is 0 Å². The molecule has 0 spiro atoms. The fourth-order valence-electron chi connectivity index (χ4n) is 1.93. The SMILES string of the molecule is C=C[C@@H](CCCCC)[C@@H](O)c1ccccc1. The van der Waals surface area contributed by atoms with Crippen molar-refractivity contribution >= 4 is 0 Å². The van der Waals surface area contributed by atoms with Gasteiger partial charge in [0.1, 0.15) is 0 Å². The number of hydrogen-bond acceptors (Lipinski definition) is 1. The average Bonchev–Trinajstić information content (AvgIpc) is 2.35. The second kappa shape index (κ2) is 7.24. The van der Waals surface area contributed by atoms with Crippen LogP contribution in [0.15, 0.2) is 43.0 Å². The minimum absolute atomic E-state index is 0.175. The minimum Gasteiger partial charge on any atom is -0.388 e. The van der Waals surface area contributed by atoms with Crippen molar-refractivity contribution in [1.29, 1.82) is 0 Å². The van der Waals surface area contributed by atoms with Crippen LogP contribution < -0.4 is 0 Å². The highest BCUT2D eigenvalue weighted by Gasteiger charge is 2.16. The first-order valence-corrected chi connectivity index (χ1v) is 6.15. The van der Waals surface area contributed by atoms with Crippen LogP contribution in [-0.4, -0.2) is 5.11 Å². The lowest BCUT2D eigenvalue weighted by Gasteiger charge is -2.19. The smallest absolute Gasteiger partial charge is 0.0852 e. The van der Waals surface area contributed by atoms with Crippen molar-refractivity contribution < 1.29 is 5.11 Å². The van der Waals surface area contributed by atoms with E-state index in [1.807, 2.05) is 36.4 Å². The van der Waals surface area contributed by atoms with Gasteiger partial charge in [-0.3, -0.25) is 0 Å². The van der Waals surface area contributed by atoms with E-state index in [4.69, 9.17) is 0 Å². The van der Waals surface area contributed by atoms with E-state index in [0.29, 0.717) is 0 Å². The summed E-state index contributed by atoms with van der Waals surface area (Å²) in [6.07, 6.45) is 6.10. The lowest BCUT2D eigenvalue weighted by atomic mass is 9.91. The number of hydrogen-bond donors (Lipinski definition) is 1. The molecule has 0 radical (unpaired) electrons. The largest absolute Gasteiger partial charge is 0.388 e. The molecular weight excluding hydrogens is 196 g/mol. The summed E-state index contributed by atoms with van der Waals surface area (Å²) in [5.41, 5.74) is 0.990. The van der Waals surface area contributed by atoms with Crippen LogP contribution in [0.4, 0.5) is 0 Å². The maximum absolute atomic E-state index is 10.2. The Bertz CT molecular complexity index is 292. The normalized spacial score (nSPS) is 14.4. The molecule has 0 aliphatic carbocycles. The number of aliphatic hydroxyl groups is 1. The van der Waals surface area contributed by atoms with Crippen molar-refractivity contribution in [2.75, 3.05) is 0 Å². The molecule has 16 heavy (non-hydrogen) atoms. The van der Waals surface area contributed by atoms with E-state index in [9.17, 15) is 5.11 Å². The van der Waals surface area contributed by atoms with Gasteiger partial charge >= 0.3 is 0 Å². The highest BCUT2D eigenvalue weighted by molar-refractivity contribution is 5.19. The second-order valence-electron chi connectivity index (χ2n) is 4.25. The van der Waals surface area contributed by atoms with Crippen LogP contribution in [0.2, 0.25) is 0 Å². The molecule has 1 nitrogen and oxygen atoms in total. The summed E-state index contributed by atoms with van der Waals surface area (Å²) in [5, 5.41) is 10.2. The van der Waals surface area contributed by atoms with Gasteiger partial charge in [0.25, 0.3) is 0 Å². The van der Waals surface area contributed by atoms with Crippen molar-refractivity contribution in [2.24, 2.45) is 5.92 Å². The van der Waals surface area contributed by atoms with Crippen molar-refractivity contribution in [1.82, 2.24) is 0 Å². The Morgan fingerprint density at radius 2 is 1.94 bits per heavy atom. The van der Waals surface area contributed by atoms with Crippen LogP contribution in [0, 0.1) is 5.92 Å². The predicted molar refractivity (Wildman–Crippen MR) is 69.2 cm³/mol. The summed E-state index contributed by atoms with van der Waals surface area (Å²) in [6, 6.07) is 9.84. The fourth-order valence-corrected chi connectivity index (χ4v) is 1.93. The maximum Gasteiger partial charge on any atom is 0.0852 e. The molecule has 1 aromatic rings. The Balaban J connectivity index is 2.55. The van der Waals surface area contributed by atoms with E-state index in [-0.39, 0.29) is 5.92 Å². The van der Waals surface area contributed by atoms with E-state index in [1.54, 1.807) is 0 Å². The van der Waals surface area contributed by atoms with Gasteiger partial charge in [0.05, 0.1) is 6.10 Å². The van der Waals surface area contributed by atoms with Crippen molar-refractivity contribution in [3.8, 4) is 0 Å². The Morgan fingerprint density at radius 3 is 2.50 bits per heavy atom. The Hall–Kier alpha value is -1.08. The molecule has 1 rings (SSSR count). The molecule has 0 saturated heterocycles. The zero-order valence-corrected chi connectivity index (χ0v) is 10.1. The molecule has 1 heteroatoms. The van der Waals surface area contributed by atoms with Gasteiger partial charge in [-0.15, -0.1) is 6.58 Å². The van der Waals surface area contributed by atoms with Gasteiger partial charge in [-0.1, -0.05) is 62.6 Å². The molecule has 1 aromatic carbocycles. The van der Waals surface area contributed by atoms with E-state index in [0.717, 1.165) is 18.4 Å². The van der Waals surface area contributed by atoms with E-state index in [1.165, 1.54) is 12.8 Å². The summed E-state index contributed by atoms with van der Waals surface area (Å²) in [6.45, 7) is 6.02. The number of unbranched alkanes of at least 4 members (excludes halogenated alkanes) is 2. The maximum atomic E-state index is 10.2. The van der Waals surface area contributed by atoms with Gasteiger partial charge in [-0.25, -0.2) is 0 Å². The lowest BCUT2D eigenvalue weighted by Crippen LogP contribution is -2.10. The summed E-state index contributed by atoms with van der Waals surface area (Å²) in [7, 11) is 0. The van der Waals surface area contributed by atoms with E-state index in [2.05, 4.69) is 13.5 Å². The summed E-state index contributed by atoms with van der Waals surface area (Å²) in [4.78, 5) is 0. The van der Waals surface area contributed by atoms with Gasteiger partial charge in [0.15, 0.2) is 0 Å². The molecular formula is C15H22O. The summed E-state index contributed by atoms with van der Waals surface area (Å²) in [5.74, 6) is 0.175. The Morgan fingerprint density at radius 1 is 1.25 bits per heavy atom. The van der Waals surface area contributed by atoms with Crippen LogP contribution in [0.25, 0.3) is 0 Å². The fraction of sp³-hybridized carbons (Fsp3) is 0.467. The summed E-state index contributed by atoms with van der Waals surface area (Å²) >= 11 is 0. The van der Waals surface area contributed by atoms with Crippen molar-refractivity contribution in [3.05, 3.63) is 48.6 Å². The summed E-state index contributed by atoms with van der Waals surface area (Å²) < 4.78 is 0. The zero-order valence-electron chi connectivity index (χ0n) is 10.1. The molecule has 88 valence electrons. The molecule has 0 bridgehead atoms. The van der Waals surface area contributed by atoms with Gasteiger partial charge < -0.3 is 5.11 Å². The van der Waals surface area contributed by atoms with Gasteiger partial charge in [-0.2, -0.15) is 0 Å². The zero-order chi connectivity index (χ0) is 11.8. The van der Waals surface area contributed by atoms with E-state index < -0.39 is 6.10 Å². The van der Waals surface area contributed by atoms with Crippen LogP contribution >= 0.6 is 0 Å².